The van der Waals surface area contributed by atoms with Crippen LogP contribution in [0.5, 0.6) is 0 Å². The van der Waals surface area contributed by atoms with Crippen molar-refractivity contribution in [2.75, 3.05) is 18.9 Å². The molecular formula is C17H19N3OS. The molecule has 0 aliphatic carbocycles. The van der Waals surface area contributed by atoms with Crippen LogP contribution in [0.4, 0.5) is 5.13 Å². The molecule has 1 aromatic carbocycles. The van der Waals surface area contributed by atoms with E-state index in [0.717, 1.165) is 30.8 Å². The van der Waals surface area contributed by atoms with E-state index in [1.54, 1.807) is 17.4 Å². The van der Waals surface area contributed by atoms with Crippen LogP contribution in [0.25, 0.3) is 6.08 Å². The Morgan fingerprint density at radius 3 is 2.91 bits per heavy atom. The molecular weight excluding hydrogens is 294 g/mol. The number of aryl methyl sites for hydroxylation is 1. The van der Waals surface area contributed by atoms with Crippen LogP contribution in [0.1, 0.15) is 21.7 Å². The molecule has 4 nitrogen and oxygen atoms in total. The summed E-state index contributed by atoms with van der Waals surface area (Å²) in [5, 5.41) is 3.55. The van der Waals surface area contributed by atoms with Crippen molar-refractivity contribution in [3.8, 4) is 0 Å². The molecule has 5 heteroatoms. The summed E-state index contributed by atoms with van der Waals surface area (Å²) in [6.07, 6.45) is 4.32. The average molecular weight is 313 g/mol. The van der Waals surface area contributed by atoms with Crippen molar-refractivity contribution in [2.24, 2.45) is 0 Å². The molecule has 1 aromatic heterocycles. The minimum absolute atomic E-state index is 0.139. The summed E-state index contributed by atoms with van der Waals surface area (Å²) in [6.45, 7) is 3.99. The van der Waals surface area contributed by atoms with Crippen LogP contribution < -0.4 is 5.32 Å². The Labute approximate surface area is 134 Å². The van der Waals surface area contributed by atoms with Crippen LogP contribution in [-0.2, 0) is 17.8 Å². The third-order valence-corrected chi connectivity index (χ3v) is 4.65. The minimum atomic E-state index is -0.139. The number of nitrogens with zero attached hydrogens (tertiary/aromatic N) is 2. The zero-order chi connectivity index (χ0) is 15.5. The molecule has 2 heterocycles. The number of likely N-dealkylation sites (N-methyl/N-ethyl adjacent to an activating group) is 1. The van der Waals surface area contributed by atoms with Gasteiger partial charge in [0.2, 0.25) is 5.91 Å². The molecule has 22 heavy (non-hydrogen) atoms. The van der Waals surface area contributed by atoms with Gasteiger partial charge in [-0.2, -0.15) is 0 Å². The number of carbonyl (C=O) groups excluding carboxylic acids is 1. The van der Waals surface area contributed by atoms with Crippen molar-refractivity contribution in [1.82, 2.24) is 9.88 Å². The normalized spacial score (nSPS) is 15.0. The number of rotatable bonds is 3. The van der Waals surface area contributed by atoms with E-state index in [2.05, 4.69) is 22.2 Å². The average Bonchev–Trinajstić information content (AvgIpc) is 2.88. The molecule has 0 radical (unpaired) electrons. The fourth-order valence-electron chi connectivity index (χ4n) is 2.37. The third kappa shape index (κ3) is 3.61. The molecule has 0 unspecified atom stereocenters. The first-order valence-electron chi connectivity index (χ1n) is 7.33. The number of thiazole rings is 1. The Bertz CT molecular complexity index is 703. The van der Waals surface area contributed by atoms with Crippen molar-refractivity contribution in [3.05, 3.63) is 52.0 Å². The van der Waals surface area contributed by atoms with Crippen molar-refractivity contribution >= 4 is 28.5 Å². The first-order valence-corrected chi connectivity index (χ1v) is 8.14. The van der Waals surface area contributed by atoms with E-state index in [9.17, 15) is 4.79 Å². The van der Waals surface area contributed by atoms with E-state index in [1.165, 1.54) is 10.4 Å². The third-order valence-electron chi connectivity index (χ3n) is 3.66. The van der Waals surface area contributed by atoms with Gasteiger partial charge in [0.15, 0.2) is 5.13 Å². The topological polar surface area (TPSA) is 45.2 Å². The fraction of sp³-hybridized carbons (Fsp3) is 0.294. The highest BCUT2D eigenvalue weighted by Gasteiger charge is 2.18. The first-order chi connectivity index (χ1) is 10.6. The fourth-order valence-corrected chi connectivity index (χ4v) is 3.46. The lowest BCUT2D eigenvalue weighted by Gasteiger charge is -2.20. The molecule has 0 fully saturated rings. The number of hydrogen-bond acceptors (Lipinski definition) is 4. The van der Waals surface area contributed by atoms with E-state index >= 15 is 0 Å². The highest BCUT2D eigenvalue weighted by Crippen LogP contribution is 2.27. The van der Waals surface area contributed by atoms with Gasteiger partial charge in [-0.05, 0) is 25.6 Å². The molecule has 0 spiro atoms. The summed E-state index contributed by atoms with van der Waals surface area (Å²) in [7, 11) is 2.10. The Kier molecular flexibility index (Phi) is 4.36. The van der Waals surface area contributed by atoms with E-state index in [4.69, 9.17) is 0 Å². The van der Waals surface area contributed by atoms with Gasteiger partial charge in [-0.25, -0.2) is 4.98 Å². The second-order valence-electron chi connectivity index (χ2n) is 5.61. The largest absolute Gasteiger partial charge is 0.301 e. The van der Waals surface area contributed by atoms with Gasteiger partial charge in [0.1, 0.15) is 0 Å². The van der Waals surface area contributed by atoms with Gasteiger partial charge in [0.05, 0.1) is 5.69 Å². The lowest BCUT2D eigenvalue weighted by Crippen LogP contribution is -2.25. The molecule has 0 saturated carbocycles. The second-order valence-corrected chi connectivity index (χ2v) is 6.69. The van der Waals surface area contributed by atoms with Crippen molar-refractivity contribution in [3.63, 3.8) is 0 Å². The van der Waals surface area contributed by atoms with Crippen molar-refractivity contribution < 1.29 is 4.79 Å². The highest BCUT2D eigenvalue weighted by molar-refractivity contribution is 7.15. The number of nitrogens with one attached hydrogen (secondary N) is 1. The number of anilines is 1. The molecule has 3 rings (SSSR count). The monoisotopic (exact) mass is 313 g/mol. The van der Waals surface area contributed by atoms with Gasteiger partial charge in [-0.1, -0.05) is 29.8 Å². The van der Waals surface area contributed by atoms with Crippen molar-refractivity contribution in [1.29, 1.82) is 0 Å². The summed E-state index contributed by atoms with van der Waals surface area (Å²) in [6, 6.07) is 8.06. The van der Waals surface area contributed by atoms with E-state index in [-0.39, 0.29) is 5.91 Å². The predicted octanol–water partition coefficient (Wildman–Crippen LogP) is 3.09. The maximum absolute atomic E-state index is 12.0. The van der Waals surface area contributed by atoms with Crippen LogP contribution in [-0.4, -0.2) is 29.4 Å². The molecule has 1 N–H and O–H groups in total. The van der Waals surface area contributed by atoms with Crippen LogP contribution in [0.2, 0.25) is 0 Å². The van der Waals surface area contributed by atoms with Gasteiger partial charge in [0, 0.05) is 30.5 Å². The van der Waals surface area contributed by atoms with Crippen LogP contribution in [0.3, 0.4) is 0 Å². The van der Waals surface area contributed by atoms with E-state index < -0.39 is 0 Å². The zero-order valence-corrected chi connectivity index (χ0v) is 13.6. The van der Waals surface area contributed by atoms with Gasteiger partial charge < -0.3 is 4.90 Å². The minimum Gasteiger partial charge on any atom is -0.301 e. The quantitative estimate of drug-likeness (QED) is 0.886. The second kappa shape index (κ2) is 6.42. The zero-order valence-electron chi connectivity index (χ0n) is 12.8. The molecule has 1 aliphatic rings. The molecule has 1 aliphatic heterocycles. The summed E-state index contributed by atoms with van der Waals surface area (Å²) in [4.78, 5) is 20.0. The van der Waals surface area contributed by atoms with Crippen LogP contribution in [0, 0.1) is 6.92 Å². The number of amides is 1. The maximum atomic E-state index is 12.0. The molecule has 2 aromatic rings. The Morgan fingerprint density at radius 2 is 2.14 bits per heavy atom. The maximum Gasteiger partial charge on any atom is 0.250 e. The SMILES string of the molecule is Cc1ccc(/C=C/C(=O)Nc2nc3c(s2)CN(C)CC3)cc1. The molecule has 1 amide bonds. The van der Waals surface area contributed by atoms with Crippen molar-refractivity contribution in [2.45, 2.75) is 19.9 Å². The smallest absolute Gasteiger partial charge is 0.250 e. The lowest BCUT2D eigenvalue weighted by atomic mass is 10.1. The lowest BCUT2D eigenvalue weighted by molar-refractivity contribution is -0.111. The number of carbonyl (C=O) groups is 1. The summed E-state index contributed by atoms with van der Waals surface area (Å²) >= 11 is 1.57. The molecule has 0 atom stereocenters. The van der Waals surface area contributed by atoms with Crippen LogP contribution in [0.15, 0.2) is 30.3 Å². The van der Waals surface area contributed by atoms with Gasteiger partial charge >= 0.3 is 0 Å². The Balaban J connectivity index is 1.63. The van der Waals surface area contributed by atoms with Gasteiger partial charge in [-0.3, -0.25) is 10.1 Å². The highest BCUT2D eigenvalue weighted by atomic mass is 32.1. The van der Waals surface area contributed by atoms with Gasteiger partial charge in [-0.15, -0.1) is 11.3 Å². The molecule has 0 bridgehead atoms. The van der Waals surface area contributed by atoms with E-state index in [1.807, 2.05) is 37.3 Å². The number of aromatic nitrogens is 1. The van der Waals surface area contributed by atoms with Gasteiger partial charge in [0.25, 0.3) is 0 Å². The van der Waals surface area contributed by atoms with E-state index in [0.29, 0.717) is 5.13 Å². The Hall–Kier alpha value is -1.98. The summed E-state index contributed by atoms with van der Waals surface area (Å²) < 4.78 is 0. The number of benzene rings is 1. The summed E-state index contributed by atoms with van der Waals surface area (Å²) in [5.41, 5.74) is 3.35. The number of hydrogen-bond donors (Lipinski definition) is 1. The predicted molar refractivity (Wildman–Crippen MR) is 91.0 cm³/mol. The summed E-state index contributed by atoms with van der Waals surface area (Å²) in [5.74, 6) is -0.139. The standard InChI is InChI=1S/C17H19N3OS/c1-12-3-5-13(6-4-12)7-8-16(21)19-17-18-14-9-10-20(2)11-15(14)22-17/h3-8H,9-11H2,1-2H3,(H,18,19,21)/b8-7+. The molecule has 114 valence electrons. The molecule has 0 saturated heterocycles. The Morgan fingerprint density at radius 1 is 1.36 bits per heavy atom. The van der Waals surface area contributed by atoms with Crippen LogP contribution >= 0.6 is 11.3 Å². The number of fused-ring (bicyclic) bond motifs is 1. The first kappa shape index (κ1) is 14.9.